The topological polar surface area (TPSA) is 66.4 Å². The summed E-state index contributed by atoms with van der Waals surface area (Å²) >= 11 is 3.34. The first-order chi connectivity index (χ1) is 22.4. The summed E-state index contributed by atoms with van der Waals surface area (Å²) in [5.41, 5.74) is 4.60. The van der Waals surface area contributed by atoms with Gasteiger partial charge >= 0.3 is 0 Å². The summed E-state index contributed by atoms with van der Waals surface area (Å²) in [6.45, 7) is 11.3. The van der Waals surface area contributed by atoms with Crippen LogP contribution in [-0.2, 0) is 22.7 Å². The Labute approximate surface area is 283 Å². The van der Waals surface area contributed by atoms with Crippen molar-refractivity contribution >= 4 is 34.5 Å². The summed E-state index contributed by atoms with van der Waals surface area (Å²) in [4.78, 5) is 41.0. The standard InChI is InChI=1S/C38H50N4O2S2/c1-5-9-11-13-37(43)41(23-7-3)27-35-39-25-33(45-35)31-19-15-29(16-20-31)30-17-21-32(22-18-30)34-26-40-36(46-34)28-42(24-8-4)38(44)14-12-10-6-2/h15-22,25-26H,5-14,23-24,27-28H2,1-4H3. The molecule has 0 N–H and O–H groups in total. The van der Waals surface area contributed by atoms with Crippen LogP contribution in [0.5, 0.6) is 0 Å². The lowest BCUT2D eigenvalue weighted by Crippen LogP contribution is -2.31. The van der Waals surface area contributed by atoms with Crippen molar-refractivity contribution in [3.05, 3.63) is 70.9 Å². The molecule has 0 unspecified atom stereocenters. The number of thiazole rings is 2. The minimum atomic E-state index is 0.237. The van der Waals surface area contributed by atoms with Gasteiger partial charge in [-0.25, -0.2) is 9.97 Å². The van der Waals surface area contributed by atoms with Crippen molar-refractivity contribution in [1.82, 2.24) is 19.8 Å². The van der Waals surface area contributed by atoms with Crippen LogP contribution in [-0.4, -0.2) is 44.7 Å². The molecule has 4 rings (SSSR count). The lowest BCUT2D eigenvalue weighted by Gasteiger charge is -2.21. The average molecular weight is 659 g/mol. The van der Waals surface area contributed by atoms with E-state index in [-0.39, 0.29) is 11.8 Å². The third kappa shape index (κ3) is 10.3. The van der Waals surface area contributed by atoms with E-state index in [1.54, 1.807) is 22.7 Å². The summed E-state index contributed by atoms with van der Waals surface area (Å²) in [7, 11) is 0. The van der Waals surface area contributed by atoms with E-state index >= 15 is 0 Å². The Bertz CT molecular complexity index is 1380. The summed E-state index contributed by atoms with van der Waals surface area (Å²) in [5.74, 6) is 0.475. The van der Waals surface area contributed by atoms with Crippen LogP contribution in [0.2, 0.25) is 0 Å². The quantitative estimate of drug-likeness (QED) is 0.0941. The molecule has 0 saturated heterocycles. The van der Waals surface area contributed by atoms with Crippen LogP contribution < -0.4 is 0 Å². The number of rotatable bonds is 19. The van der Waals surface area contributed by atoms with Crippen molar-refractivity contribution in [1.29, 1.82) is 0 Å². The SMILES string of the molecule is CCCCCC(=O)N(CCC)Cc1ncc(-c2ccc(-c3ccc(-c4cnc(CN(CCC)C(=O)CCCCC)s4)cc3)cc2)s1. The van der Waals surface area contributed by atoms with Crippen LogP contribution in [0.3, 0.4) is 0 Å². The molecule has 0 bridgehead atoms. The van der Waals surface area contributed by atoms with E-state index in [1.807, 2.05) is 22.2 Å². The van der Waals surface area contributed by atoms with Crippen LogP contribution >= 0.6 is 22.7 Å². The second-order valence-electron chi connectivity index (χ2n) is 11.9. The molecule has 0 radical (unpaired) electrons. The predicted molar refractivity (Wildman–Crippen MR) is 194 cm³/mol. The van der Waals surface area contributed by atoms with Gasteiger partial charge in [-0.15, -0.1) is 22.7 Å². The first kappa shape index (κ1) is 35.5. The monoisotopic (exact) mass is 658 g/mol. The summed E-state index contributed by atoms with van der Waals surface area (Å²) in [6.07, 6.45) is 13.4. The zero-order valence-corrected chi connectivity index (χ0v) is 29.7. The summed E-state index contributed by atoms with van der Waals surface area (Å²) < 4.78 is 0. The molecule has 0 aliphatic heterocycles. The molecule has 2 heterocycles. The van der Waals surface area contributed by atoms with Crippen LogP contribution in [0.15, 0.2) is 60.9 Å². The Morgan fingerprint density at radius 2 is 0.913 bits per heavy atom. The molecule has 246 valence electrons. The fourth-order valence-electron chi connectivity index (χ4n) is 5.51. The minimum Gasteiger partial charge on any atom is -0.336 e. The molecule has 0 atom stereocenters. The van der Waals surface area contributed by atoms with Gasteiger partial charge < -0.3 is 9.80 Å². The highest BCUT2D eigenvalue weighted by molar-refractivity contribution is 7.15. The first-order valence-corrected chi connectivity index (χ1v) is 18.7. The maximum atomic E-state index is 12.8. The number of carbonyl (C=O) groups is 2. The predicted octanol–water partition coefficient (Wildman–Crippen LogP) is 10.2. The molecule has 0 saturated carbocycles. The van der Waals surface area contributed by atoms with Crippen LogP contribution in [0.1, 0.15) is 102 Å². The van der Waals surface area contributed by atoms with Gasteiger partial charge in [0.05, 0.1) is 22.8 Å². The van der Waals surface area contributed by atoms with Gasteiger partial charge in [-0.3, -0.25) is 9.59 Å². The van der Waals surface area contributed by atoms with E-state index < -0.39 is 0 Å². The van der Waals surface area contributed by atoms with Crippen molar-refractivity contribution in [3.63, 3.8) is 0 Å². The Hall–Kier alpha value is -3.36. The van der Waals surface area contributed by atoms with Gasteiger partial charge in [0.25, 0.3) is 0 Å². The Balaban J connectivity index is 1.36. The molecule has 2 aromatic carbocycles. The number of amides is 2. The molecule has 0 fully saturated rings. The van der Waals surface area contributed by atoms with E-state index in [0.29, 0.717) is 25.9 Å². The van der Waals surface area contributed by atoms with E-state index in [4.69, 9.17) is 0 Å². The van der Waals surface area contributed by atoms with E-state index in [9.17, 15) is 9.59 Å². The molecule has 2 aromatic heterocycles. The Morgan fingerprint density at radius 3 is 1.26 bits per heavy atom. The highest BCUT2D eigenvalue weighted by Crippen LogP contribution is 2.32. The van der Waals surface area contributed by atoms with Crippen LogP contribution in [0.4, 0.5) is 0 Å². The molecule has 2 amide bonds. The molecule has 46 heavy (non-hydrogen) atoms. The molecular formula is C38H50N4O2S2. The minimum absolute atomic E-state index is 0.237. The number of nitrogens with zero attached hydrogens (tertiary/aromatic N) is 4. The van der Waals surface area contributed by atoms with E-state index in [2.05, 4.69) is 86.2 Å². The zero-order chi connectivity index (χ0) is 32.7. The van der Waals surface area contributed by atoms with Gasteiger partial charge in [-0.05, 0) is 47.9 Å². The number of carbonyl (C=O) groups excluding carboxylic acids is 2. The number of hydrogen-bond acceptors (Lipinski definition) is 6. The van der Waals surface area contributed by atoms with Crippen molar-refractivity contribution in [3.8, 4) is 32.0 Å². The fourth-order valence-corrected chi connectivity index (χ4v) is 7.38. The molecule has 8 heteroatoms. The fraction of sp³-hybridized carbons (Fsp3) is 0.474. The van der Waals surface area contributed by atoms with Crippen LogP contribution in [0, 0.1) is 0 Å². The third-order valence-corrected chi connectivity index (χ3v) is 10.2. The van der Waals surface area contributed by atoms with Crippen molar-refractivity contribution < 1.29 is 9.59 Å². The Morgan fingerprint density at radius 1 is 0.543 bits per heavy atom. The second-order valence-corrected chi connectivity index (χ2v) is 14.2. The summed E-state index contributed by atoms with van der Waals surface area (Å²) in [5, 5.41) is 1.96. The van der Waals surface area contributed by atoms with Crippen molar-refractivity contribution in [2.45, 2.75) is 105 Å². The van der Waals surface area contributed by atoms with Crippen molar-refractivity contribution in [2.75, 3.05) is 13.1 Å². The first-order valence-electron chi connectivity index (χ1n) is 17.1. The number of benzene rings is 2. The number of aromatic nitrogens is 2. The molecular weight excluding hydrogens is 609 g/mol. The van der Waals surface area contributed by atoms with Gasteiger partial charge in [-0.1, -0.05) is 102 Å². The number of hydrogen-bond donors (Lipinski definition) is 0. The second kappa shape index (κ2) is 18.7. The lowest BCUT2D eigenvalue weighted by molar-refractivity contribution is -0.132. The van der Waals surface area contributed by atoms with Crippen molar-refractivity contribution in [2.24, 2.45) is 0 Å². The highest BCUT2D eigenvalue weighted by Gasteiger charge is 2.17. The van der Waals surface area contributed by atoms with Crippen LogP contribution in [0.25, 0.3) is 32.0 Å². The average Bonchev–Trinajstić information content (AvgIpc) is 3.75. The van der Waals surface area contributed by atoms with Gasteiger partial charge in [-0.2, -0.15) is 0 Å². The van der Waals surface area contributed by atoms with Gasteiger partial charge in [0.15, 0.2) is 0 Å². The molecule has 0 aliphatic rings. The molecule has 0 aliphatic carbocycles. The van der Waals surface area contributed by atoms with E-state index in [1.165, 1.54) is 0 Å². The van der Waals surface area contributed by atoms with Gasteiger partial charge in [0.2, 0.25) is 11.8 Å². The van der Waals surface area contributed by atoms with E-state index in [0.717, 1.165) is 106 Å². The maximum absolute atomic E-state index is 12.8. The van der Waals surface area contributed by atoms with Gasteiger partial charge in [0.1, 0.15) is 10.0 Å². The zero-order valence-electron chi connectivity index (χ0n) is 28.1. The highest BCUT2D eigenvalue weighted by atomic mass is 32.1. The molecule has 6 nitrogen and oxygen atoms in total. The smallest absolute Gasteiger partial charge is 0.222 e. The third-order valence-electron chi connectivity index (χ3n) is 8.11. The normalized spacial score (nSPS) is 11.1. The largest absolute Gasteiger partial charge is 0.336 e. The molecule has 4 aromatic rings. The Kier molecular flexibility index (Phi) is 14.4. The van der Waals surface area contributed by atoms with Gasteiger partial charge in [0, 0.05) is 38.3 Å². The summed E-state index contributed by atoms with van der Waals surface area (Å²) in [6, 6.07) is 17.3. The number of unbranched alkanes of at least 4 members (excludes halogenated alkanes) is 4. The maximum Gasteiger partial charge on any atom is 0.222 e. The molecule has 0 spiro atoms. The lowest BCUT2D eigenvalue weighted by atomic mass is 10.0.